The molecule has 4 heteroatoms. The molecule has 132 valence electrons. The highest BCUT2D eigenvalue weighted by atomic mass is 16.6. The molecule has 0 aromatic carbocycles. The molecule has 0 aliphatic rings. The van der Waals surface area contributed by atoms with Crippen molar-refractivity contribution in [2.75, 3.05) is 19.8 Å². The summed E-state index contributed by atoms with van der Waals surface area (Å²) in [4.78, 5) is 10.7. The number of rotatable bonds is 15. The molecule has 0 aromatic heterocycles. The second kappa shape index (κ2) is 15.3. The van der Waals surface area contributed by atoms with Gasteiger partial charge in [-0.1, -0.05) is 51.9 Å². The third-order valence-electron chi connectivity index (χ3n) is 3.54. The van der Waals surface area contributed by atoms with Gasteiger partial charge in [-0.25, -0.2) is 0 Å². The standard InChI is InChI=1S/C18H36O4/c1-5-6-7-8-9-10-11-12-13-20-16(2)14-21-17(3)15-22-18(4)19/h16-17H,5-15H2,1-4H3. The molecular weight excluding hydrogens is 280 g/mol. The van der Waals surface area contributed by atoms with Gasteiger partial charge < -0.3 is 14.2 Å². The minimum Gasteiger partial charge on any atom is -0.463 e. The van der Waals surface area contributed by atoms with Crippen LogP contribution in [0.15, 0.2) is 0 Å². The van der Waals surface area contributed by atoms with Gasteiger partial charge in [0.05, 0.1) is 18.8 Å². The van der Waals surface area contributed by atoms with Gasteiger partial charge in [0.2, 0.25) is 0 Å². The SMILES string of the molecule is CCCCCCCCCCOC(C)COC(C)COC(C)=O. The molecule has 0 saturated heterocycles. The number of carbonyl (C=O) groups excluding carboxylic acids is 1. The summed E-state index contributed by atoms with van der Waals surface area (Å²) >= 11 is 0. The molecule has 0 rings (SSSR count). The smallest absolute Gasteiger partial charge is 0.302 e. The lowest BCUT2D eigenvalue weighted by Crippen LogP contribution is -2.24. The number of esters is 1. The van der Waals surface area contributed by atoms with Crippen molar-refractivity contribution < 1.29 is 19.0 Å². The Hall–Kier alpha value is -0.610. The maximum Gasteiger partial charge on any atom is 0.302 e. The summed E-state index contributed by atoms with van der Waals surface area (Å²) in [5.74, 6) is -0.269. The van der Waals surface area contributed by atoms with E-state index >= 15 is 0 Å². The van der Waals surface area contributed by atoms with Crippen molar-refractivity contribution in [1.82, 2.24) is 0 Å². The van der Waals surface area contributed by atoms with Gasteiger partial charge >= 0.3 is 5.97 Å². The van der Waals surface area contributed by atoms with Crippen LogP contribution in [0.2, 0.25) is 0 Å². The maximum atomic E-state index is 10.7. The van der Waals surface area contributed by atoms with E-state index in [0.717, 1.165) is 13.0 Å². The van der Waals surface area contributed by atoms with E-state index in [0.29, 0.717) is 13.2 Å². The number of ether oxygens (including phenoxy) is 3. The molecular formula is C18H36O4. The van der Waals surface area contributed by atoms with Crippen LogP contribution in [0.25, 0.3) is 0 Å². The third kappa shape index (κ3) is 15.8. The predicted octanol–water partition coefficient (Wildman–Crippen LogP) is 4.50. The molecule has 0 radical (unpaired) electrons. The van der Waals surface area contributed by atoms with Gasteiger partial charge in [0.1, 0.15) is 6.61 Å². The van der Waals surface area contributed by atoms with Gasteiger partial charge in [0, 0.05) is 13.5 Å². The van der Waals surface area contributed by atoms with Crippen molar-refractivity contribution in [3.63, 3.8) is 0 Å². The summed E-state index contributed by atoms with van der Waals surface area (Å²) < 4.78 is 16.2. The summed E-state index contributed by atoms with van der Waals surface area (Å²) in [5.41, 5.74) is 0. The molecule has 2 atom stereocenters. The van der Waals surface area contributed by atoms with E-state index in [1.807, 2.05) is 13.8 Å². The van der Waals surface area contributed by atoms with E-state index in [-0.39, 0.29) is 18.2 Å². The van der Waals surface area contributed by atoms with Crippen LogP contribution in [0.3, 0.4) is 0 Å². The first-order chi connectivity index (χ1) is 10.6. The van der Waals surface area contributed by atoms with Crippen LogP contribution in [-0.4, -0.2) is 38.0 Å². The van der Waals surface area contributed by atoms with E-state index in [1.165, 1.54) is 51.9 Å². The molecule has 0 bridgehead atoms. The number of hydrogen-bond acceptors (Lipinski definition) is 4. The Morgan fingerprint density at radius 2 is 1.36 bits per heavy atom. The minimum absolute atomic E-state index is 0.0851. The third-order valence-corrected chi connectivity index (χ3v) is 3.54. The van der Waals surface area contributed by atoms with Gasteiger partial charge in [-0.3, -0.25) is 4.79 Å². The quantitative estimate of drug-likeness (QED) is 0.329. The lowest BCUT2D eigenvalue weighted by molar-refractivity contribution is -0.145. The molecule has 0 N–H and O–H groups in total. The minimum atomic E-state index is -0.269. The van der Waals surface area contributed by atoms with Crippen LogP contribution < -0.4 is 0 Å². The highest BCUT2D eigenvalue weighted by Crippen LogP contribution is 2.08. The van der Waals surface area contributed by atoms with Crippen LogP contribution in [0.1, 0.15) is 79.1 Å². The molecule has 0 spiro atoms. The largest absolute Gasteiger partial charge is 0.463 e. The molecule has 0 aliphatic carbocycles. The Bertz CT molecular complexity index is 255. The van der Waals surface area contributed by atoms with E-state index in [9.17, 15) is 4.79 Å². The van der Waals surface area contributed by atoms with Crippen LogP contribution in [0.4, 0.5) is 0 Å². The molecule has 0 amide bonds. The average Bonchev–Trinajstić information content (AvgIpc) is 2.49. The summed E-state index contributed by atoms with van der Waals surface area (Å²) in [6.07, 6.45) is 10.5. The van der Waals surface area contributed by atoms with Crippen LogP contribution in [-0.2, 0) is 19.0 Å². The zero-order chi connectivity index (χ0) is 16.6. The van der Waals surface area contributed by atoms with Gasteiger partial charge in [0.25, 0.3) is 0 Å². The summed E-state index contributed by atoms with van der Waals surface area (Å²) in [6.45, 7) is 9.22. The highest BCUT2D eigenvalue weighted by Gasteiger charge is 2.08. The first kappa shape index (κ1) is 21.4. The molecule has 4 nitrogen and oxygen atoms in total. The molecule has 0 aliphatic heterocycles. The fourth-order valence-corrected chi connectivity index (χ4v) is 2.15. The second-order valence-electron chi connectivity index (χ2n) is 6.10. The molecule has 2 unspecified atom stereocenters. The summed E-state index contributed by atoms with van der Waals surface area (Å²) in [6, 6.07) is 0. The zero-order valence-corrected chi connectivity index (χ0v) is 15.1. The zero-order valence-electron chi connectivity index (χ0n) is 15.1. The van der Waals surface area contributed by atoms with Crippen molar-refractivity contribution >= 4 is 5.97 Å². The molecule has 0 aromatic rings. The average molecular weight is 316 g/mol. The summed E-state index contributed by atoms with van der Waals surface area (Å²) in [5, 5.41) is 0. The fraction of sp³-hybridized carbons (Fsp3) is 0.944. The van der Waals surface area contributed by atoms with Crippen LogP contribution in [0.5, 0.6) is 0 Å². The number of unbranched alkanes of at least 4 members (excludes halogenated alkanes) is 7. The van der Waals surface area contributed by atoms with Gasteiger partial charge in [-0.15, -0.1) is 0 Å². The molecule has 22 heavy (non-hydrogen) atoms. The van der Waals surface area contributed by atoms with Crippen molar-refractivity contribution in [3.8, 4) is 0 Å². The Labute approximate surface area is 136 Å². The van der Waals surface area contributed by atoms with E-state index in [4.69, 9.17) is 14.2 Å². The first-order valence-corrected chi connectivity index (χ1v) is 8.92. The predicted molar refractivity (Wildman–Crippen MR) is 90.1 cm³/mol. The van der Waals surface area contributed by atoms with Crippen molar-refractivity contribution in [1.29, 1.82) is 0 Å². The van der Waals surface area contributed by atoms with Crippen LogP contribution >= 0.6 is 0 Å². The Morgan fingerprint density at radius 1 is 0.818 bits per heavy atom. The Kier molecular flexibility index (Phi) is 14.9. The first-order valence-electron chi connectivity index (χ1n) is 8.92. The number of hydrogen-bond donors (Lipinski definition) is 0. The van der Waals surface area contributed by atoms with Crippen molar-refractivity contribution in [2.24, 2.45) is 0 Å². The fourth-order valence-electron chi connectivity index (χ4n) is 2.15. The van der Waals surface area contributed by atoms with Gasteiger partial charge in [-0.2, -0.15) is 0 Å². The Balaban J connectivity index is 3.31. The van der Waals surface area contributed by atoms with Gasteiger partial charge in [0.15, 0.2) is 0 Å². The van der Waals surface area contributed by atoms with Gasteiger partial charge in [-0.05, 0) is 20.3 Å². The molecule has 0 fully saturated rings. The van der Waals surface area contributed by atoms with Crippen molar-refractivity contribution in [2.45, 2.75) is 91.3 Å². The molecule has 0 heterocycles. The van der Waals surface area contributed by atoms with E-state index < -0.39 is 0 Å². The second-order valence-corrected chi connectivity index (χ2v) is 6.10. The monoisotopic (exact) mass is 316 g/mol. The summed E-state index contributed by atoms with van der Waals surface area (Å²) in [7, 11) is 0. The molecule has 0 saturated carbocycles. The van der Waals surface area contributed by atoms with E-state index in [1.54, 1.807) is 0 Å². The van der Waals surface area contributed by atoms with Crippen molar-refractivity contribution in [3.05, 3.63) is 0 Å². The lowest BCUT2D eigenvalue weighted by Gasteiger charge is -2.17. The number of carbonyl (C=O) groups is 1. The highest BCUT2D eigenvalue weighted by molar-refractivity contribution is 5.65. The Morgan fingerprint density at radius 3 is 1.95 bits per heavy atom. The topological polar surface area (TPSA) is 44.8 Å². The van der Waals surface area contributed by atoms with E-state index in [2.05, 4.69) is 6.92 Å². The lowest BCUT2D eigenvalue weighted by atomic mass is 10.1. The van der Waals surface area contributed by atoms with Crippen LogP contribution in [0, 0.1) is 0 Å². The maximum absolute atomic E-state index is 10.7. The normalized spacial score (nSPS) is 13.8.